The number of nitrogens with zero attached hydrogens (tertiary/aromatic N) is 4. The van der Waals surface area contributed by atoms with Gasteiger partial charge in [0.05, 0.1) is 11.0 Å². The Balaban J connectivity index is 1.37. The van der Waals surface area contributed by atoms with Gasteiger partial charge in [0.15, 0.2) is 5.82 Å². The first kappa shape index (κ1) is 17.7. The molecule has 0 unspecified atom stereocenters. The Labute approximate surface area is 157 Å². The summed E-state index contributed by atoms with van der Waals surface area (Å²) in [7, 11) is 1.81. The topological polar surface area (TPSA) is 101 Å². The van der Waals surface area contributed by atoms with Crippen LogP contribution in [0.4, 0.5) is 5.95 Å². The Kier molecular flexibility index (Phi) is 4.89. The number of para-hydroxylation sites is 1. The maximum Gasteiger partial charge on any atom is 0.227 e. The normalized spacial score (nSPS) is 15.3. The molecule has 3 heterocycles. The number of hydrogen-bond acceptors (Lipinski definition) is 5. The maximum atomic E-state index is 12.4. The van der Waals surface area contributed by atoms with Gasteiger partial charge in [-0.25, -0.2) is 9.67 Å². The fourth-order valence-corrected chi connectivity index (χ4v) is 3.53. The molecule has 0 spiro atoms. The van der Waals surface area contributed by atoms with Crippen molar-refractivity contribution in [3.8, 4) is 0 Å². The van der Waals surface area contributed by atoms with Crippen LogP contribution in [0.2, 0.25) is 0 Å². The molecule has 0 radical (unpaired) electrons. The third-order valence-electron chi connectivity index (χ3n) is 5.09. The molecular formula is C19H25N7O. The summed E-state index contributed by atoms with van der Waals surface area (Å²) in [6.45, 7) is 4.01. The van der Waals surface area contributed by atoms with Crippen LogP contribution in [0.5, 0.6) is 0 Å². The fourth-order valence-electron chi connectivity index (χ4n) is 3.53. The number of piperidine rings is 1. The molecule has 142 valence electrons. The molecule has 8 nitrogen and oxygen atoms in total. The highest BCUT2D eigenvalue weighted by Crippen LogP contribution is 2.23. The van der Waals surface area contributed by atoms with Crippen LogP contribution < -0.4 is 10.6 Å². The molecule has 4 rings (SSSR count). The second-order valence-corrected chi connectivity index (χ2v) is 7.14. The van der Waals surface area contributed by atoms with Gasteiger partial charge in [0.2, 0.25) is 11.9 Å². The molecule has 1 amide bonds. The maximum absolute atomic E-state index is 12.4. The van der Waals surface area contributed by atoms with Crippen LogP contribution in [0.15, 0.2) is 18.2 Å². The average Bonchev–Trinajstić information content (AvgIpc) is 3.25. The second kappa shape index (κ2) is 7.48. The molecule has 1 aromatic carbocycles. The minimum Gasteiger partial charge on any atom is -0.342 e. The molecule has 0 atom stereocenters. The highest BCUT2D eigenvalue weighted by atomic mass is 16.1. The van der Waals surface area contributed by atoms with Crippen molar-refractivity contribution in [2.75, 3.05) is 18.4 Å². The third kappa shape index (κ3) is 3.85. The smallest absolute Gasteiger partial charge is 0.227 e. The van der Waals surface area contributed by atoms with E-state index < -0.39 is 0 Å². The predicted octanol–water partition coefficient (Wildman–Crippen LogP) is 2.04. The van der Waals surface area contributed by atoms with E-state index in [2.05, 4.69) is 30.7 Å². The van der Waals surface area contributed by atoms with Crippen LogP contribution in [-0.4, -0.2) is 43.7 Å². The first-order valence-electron chi connectivity index (χ1n) is 9.46. The number of H-pyrrole nitrogens is 1. The quantitative estimate of drug-likeness (QED) is 0.641. The molecule has 3 N–H and O–H groups in total. The lowest BCUT2D eigenvalue weighted by Crippen LogP contribution is -2.27. The summed E-state index contributed by atoms with van der Waals surface area (Å²) in [5.41, 5.74) is 3.10. The standard InChI is InChI=1S/C19H25N7O/c1-12-4-3-5-14-17(12)22-15(21-14)6-7-16(27)23-19-24-18(25-26(19)2)13-8-10-20-11-9-13/h3-5,13,20H,6-11H2,1-2H3,(H,21,22)(H,23,24,25,27). The summed E-state index contributed by atoms with van der Waals surface area (Å²) in [5.74, 6) is 2.43. The van der Waals surface area contributed by atoms with Crippen LogP contribution >= 0.6 is 0 Å². The van der Waals surface area contributed by atoms with Gasteiger partial charge in [-0.15, -0.1) is 0 Å². The zero-order valence-corrected chi connectivity index (χ0v) is 15.7. The first-order chi connectivity index (χ1) is 13.1. The van der Waals surface area contributed by atoms with Gasteiger partial charge in [-0.2, -0.15) is 10.1 Å². The number of imidazole rings is 1. The molecule has 2 aromatic heterocycles. The van der Waals surface area contributed by atoms with Gasteiger partial charge < -0.3 is 10.3 Å². The summed E-state index contributed by atoms with van der Waals surface area (Å²) < 4.78 is 1.65. The summed E-state index contributed by atoms with van der Waals surface area (Å²) in [6.07, 6.45) is 2.96. The lowest BCUT2D eigenvalue weighted by Gasteiger charge is -2.19. The number of nitrogens with one attached hydrogen (secondary N) is 3. The summed E-state index contributed by atoms with van der Waals surface area (Å²) in [4.78, 5) is 24.8. The number of carbonyl (C=O) groups excluding carboxylic acids is 1. The van der Waals surface area contributed by atoms with E-state index in [0.717, 1.165) is 54.2 Å². The minimum absolute atomic E-state index is 0.0838. The van der Waals surface area contributed by atoms with Crippen LogP contribution in [0, 0.1) is 6.92 Å². The van der Waals surface area contributed by atoms with Gasteiger partial charge >= 0.3 is 0 Å². The molecule has 27 heavy (non-hydrogen) atoms. The van der Waals surface area contributed by atoms with Crippen LogP contribution in [0.1, 0.15) is 42.4 Å². The predicted molar refractivity (Wildman–Crippen MR) is 104 cm³/mol. The van der Waals surface area contributed by atoms with E-state index in [9.17, 15) is 4.79 Å². The molecule has 0 saturated carbocycles. The first-order valence-corrected chi connectivity index (χ1v) is 9.46. The molecular weight excluding hydrogens is 342 g/mol. The van der Waals surface area contributed by atoms with Crippen molar-refractivity contribution in [3.63, 3.8) is 0 Å². The van der Waals surface area contributed by atoms with Crippen molar-refractivity contribution in [1.82, 2.24) is 30.0 Å². The highest BCUT2D eigenvalue weighted by molar-refractivity contribution is 5.89. The highest BCUT2D eigenvalue weighted by Gasteiger charge is 2.21. The van der Waals surface area contributed by atoms with Crippen LogP contribution in [0.3, 0.4) is 0 Å². The number of fused-ring (bicyclic) bond motifs is 1. The van der Waals surface area contributed by atoms with E-state index >= 15 is 0 Å². The number of rotatable bonds is 5. The van der Waals surface area contributed by atoms with Gasteiger partial charge in [0, 0.05) is 25.8 Å². The second-order valence-electron chi connectivity index (χ2n) is 7.14. The number of aryl methyl sites for hydroxylation is 3. The Bertz CT molecular complexity index is 952. The number of anilines is 1. The van der Waals surface area contributed by atoms with Gasteiger partial charge in [0.25, 0.3) is 0 Å². The van der Waals surface area contributed by atoms with Crippen LogP contribution in [-0.2, 0) is 18.3 Å². The average molecular weight is 367 g/mol. The van der Waals surface area contributed by atoms with Gasteiger partial charge in [-0.3, -0.25) is 10.1 Å². The SMILES string of the molecule is Cc1cccc2[nH]c(CCC(=O)Nc3nc(C4CCNCC4)nn3C)nc12. The number of amides is 1. The lowest BCUT2D eigenvalue weighted by atomic mass is 9.98. The van der Waals surface area contributed by atoms with E-state index in [1.54, 1.807) is 4.68 Å². The Hall–Kier alpha value is -2.74. The molecule has 1 saturated heterocycles. The van der Waals surface area contributed by atoms with E-state index in [-0.39, 0.29) is 5.91 Å². The van der Waals surface area contributed by atoms with Crippen LogP contribution in [0.25, 0.3) is 11.0 Å². The molecule has 1 aliphatic rings. The van der Waals surface area contributed by atoms with Crippen molar-refractivity contribution in [2.45, 2.75) is 38.5 Å². The van der Waals surface area contributed by atoms with E-state index in [1.165, 1.54) is 0 Å². The zero-order chi connectivity index (χ0) is 18.8. The summed E-state index contributed by atoms with van der Waals surface area (Å²) in [5, 5.41) is 10.7. The molecule has 1 aliphatic heterocycles. The Morgan fingerprint density at radius 3 is 2.89 bits per heavy atom. The lowest BCUT2D eigenvalue weighted by molar-refractivity contribution is -0.116. The largest absolute Gasteiger partial charge is 0.342 e. The number of carbonyl (C=O) groups is 1. The van der Waals surface area contributed by atoms with Gasteiger partial charge in [-0.1, -0.05) is 12.1 Å². The van der Waals surface area contributed by atoms with Crippen molar-refractivity contribution in [3.05, 3.63) is 35.4 Å². The summed E-state index contributed by atoms with van der Waals surface area (Å²) >= 11 is 0. The minimum atomic E-state index is -0.0838. The fraction of sp³-hybridized carbons (Fsp3) is 0.474. The third-order valence-corrected chi connectivity index (χ3v) is 5.09. The number of aromatic nitrogens is 5. The molecule has 8 heteroatoms. The van der Waals surface area contributed by atoms with E-state index in [4.69, 9.17) is 0 Å². The summed E-state index contributed by atoms with van der Waals surface area (Å²) in [6, 6.07) is 6.04. The Morgan fingerprint density at radius 1 is 1.30 bits per heavy atom. The van der Waals surface area contributed by atoms with E-state index in [0.29, 0.717) is 24.7 Å². The molecule has 1 fully saturated rings. The molecule has 0 bridgehead atoms. The van der Waals surface area contributed by atoms with Crippen molar-refractivity contribution >= 4 is 22.9 Å². The molecule has 3 aromatic rings. The number of benzene rings is 1. The monoisotopic (exact) mass is 367 g/mol. The zero-order valence-electron chi connectivity index (χ0n) is 15.7. The van der Waals surface area contributed by atoms with Crippen molar-refractivity contribution < 1.29 is 4.79 Å². The number of hydrogen-bond donors (Lipinski definition) is 3. The van der Waals surface area contributed by atoms with Gasteiger partial charge in [0.1, 0.15) is 5.82 Å². The van der Waals surface area contributed by atoms with Crippen molar-refractivity contribution in [1.29, 1.82) is 0 Å². The van der Waals surface area contributed by atoms with Gasteiger partial charge in [-0.05, 0) is 44.5 Å². The van der Waals surface area contributed by atoms with E-state index in [1.807, 2.05) is 32.2 Å². The Morgan fingerprint density at radius 2 is 2.11 bits per heavy atom. The number of aromatic amines is 1. The molecule has 0 aliphatic carbocycles. The van der Waals surface area contributed by atoms with Crippen molar-refractivity contribution in [2.24, 2.45) is 7.05 Å².